The van der Waals surface area contributed by atoms with E-state index in [9.17, 15) is 19.3 Å². The minimum atomic E-state index is -0.888. The minimum absolute atomic E-state index is 0.213. The zero-order valence-electron chi connectivity index (χ0n) is 12.4. The second kappa shape index (κ2) is 7.35. The summed E-state index contributed by atoms with van der Waals surface area (Å²) < 4.78 is 18.7. The first kappa shape index (κ1) is 16.4. The standard InChI is InChI=1S/C16H15FN2O4/c1-2-11-5-3-4-6-14(11)18-16(20)10-23-15-8-7-12(19(21)22)9-13(15)17/h3-9H,2,10H2,1H3,(H,18,20). The van der Waals surface area contributed by atoms with Crippen molar-refractivity contribution in [3.8, 4) is 5.75 Å². The van der Waals surface area contributed by atoms with Gasteiger partial charge in [0.25, 0.3) is 11.6 Å². The van der Waals surface area contributed by atoms with E-state index >= 15 is 0 Å². The lowest BCUT2D eigenvalue weighted by Gasteiger charge is -2.10. The fourth-order valence-corrected chi connectivity index (χ4v) is 2.00. The molecule has 2 aromatic carbocycles. The largest absolute Gasteiger partial charge is 0.481 e. The number of benzene rings is 2. The van der Waals surface area contributed by atoms with Gasteiger partial charge in [0, 0.05) is 11.8 Å². The van der Waals surface area contributed by atoms with E-state index in [1.54, 1.807) is 12.1 Å². The number of anilines is 1. The average Bonchev–Trinajstić information content (AvgIpc) is 2.54. The van der Waals surface area contributed by atoms with Crippen LogP contribution < -0.4 is 10.1 Å². The molecule has 0 atom stereocenters. The Morgan fingerprint density at radius 1 is 1.30 bits per heavy atom. The molecule has 0 saturated heterocycles. The van der Waals surface area contributed by atoms with Gasteiger partial charge in [0.1, 0.15) is 0 Å². The van der Waals surface area contributed by atoms with Crippen LogP contribution in [-0.2, 0) is 11.2 Å². The van der Waals surface area contributed by atoms with Crippen molar-refractivity contribution in [2.45, 2.75) is 13.3 Å². The number of non-ortho nitro benzene ring substituents is 1. The quantitative estimate of drug-likeness (QED) is 0.654. The van der Waals surface area contributed by atoms with Gasteiger partial charge >= 0.3 is 0 Å². The number of nitrogens with one attached hydrogen (secondary N) is 1. The molecule has 120 valence electrons. The summed E-state index contributed by atoms with van der Waals surface area (Å²) in [6, 6.07) is 10.3. The summed E-state index contributed by atoms with van der Waals surface area (Å²) in [7, 11) is 0. The average molecular weight is 318 g/mol. The fourth-order valence-electron chi connectivity index (χ4n) is 2.00. The second-order valence-electron chi connectivity index (χ2n) is 4.72. The molecular formula is C16H15FN2O4. The topological polar surface area (TPSA) is 81.5 Å². The zero-order chi connectivity index (χ0) is 16.8. The molecule has 23 heavy (non-hydrogen) atoms. The third kappa shape index (κ3) is 4.26. The number of carbonyl (C=O) groups is 1. The maximum Gasteiger partial charge on any atom is 0.272 e. The highest BCUT2D eigenvalue weighted by Gasteiger charge is 2.13. The van der Waals surface area contributed by atoms with Gasteiger partial charge in [0.05, 0.1) is 11.0 Å². The first-order valence-corrected chi connectivity index (χ1v) is 6.95. The number of aryl methyl sites for hydroxylation is 1. The molecule has 0 aromatic heterocycles. The zero-order valence-corrected chi connectivity index (χ0v) is 12.4. The number of nitro groups is 1. The van der Waals surface area contributed by atoms with Crippen LogP contribution >= 0.6 is 0 Å². The van der Waals surface area contributed by atoms with E-state index in [-0.39, 0.29) is 11.4 Å². The molecule has 0 spiro atoms. The van der Waals surface area contributed by atoms with Crippen molar-refractivity contribution < 1.29 is 18.8 Å². The molecule has 0 aliphatic rings. The molecule has 0 heterocycles. The Bertz CT molecular complexity index is 734. The number of ether oxygens (including phenoxy) is 1. The molecule has 0 unspecified atom stereocenters. The molecule has 0 fully saturated rings. The molecule has 6 nitrogen and oxygen atoms in total. The van der Waals surface area contributed by atoms with Crippen LogP contribution in [0, 0.1) is 15.9 Å². The van der Waals surface area contributed by atoms with Crippen LogP contribution in [0.5, 0.6) is 5.75 Å². The monoisotopic (exact) mass is 318 g/mol. The van der Waals surface area contributed by atoms with Gasteiger partial charge in [-0.3, -0.25) is 14.9 Å². The van der Waals surface area contributed by atoms with E-state index in [0.29, 0.717) is 5.69 Å². The van der Waals surface area contributed by atoms with Gasteiger partial charge in [-0.1, -0.05) is 25.1 Å². The Balaban J connectivity index is 1.98. The first-order chi connectivity index (χ1) is 11.0. The summed E-state index contributed by atoms with van der Waals surface area (Å²) in [5.74, 6) is -1.54. The summed E-state index contributed by atoms with van der Waals surface area (Å²) >= 11 is 0. The van der Waals surface area contributed by atoms with E-state index < -0.39 is 23.3 Å². The number of amides is 1. The summed E-state index contributed by atoms with van der Waals surface area (Å²) in [4.78, 5) is 21.7. The van der Waals surface area contributed by atoms with Crippen molar-refractivity contribution in [3.05, 3.63) is 64.0 Å². The highest BCUT2D eigenvalue weighted by molar-refractivity contribution is 5.92. The maximum atomic E-state index is 13.6. The maximum absolute atomic E-state index is 13.6. The summed E-state index contributed by atoms with van der Waals surface area (Å²) in [5, 5.41) is 13.2. The number of halogens is 1. The van der Waals surface area contributed by atoms with Crippen LogP contribution in [0.2, 0.25) is 0 Å². The highest BCUT2D eigenvalue weighted by Crippen LogP contribution is 2.22. The molecule has 2 rings (SSSR count). The molecule has 0 bridgehead atoms. The number of carbonyl (C=O) groups excluding carboxylic acids is 1. The van der Waals surface area contributed by atoms with Gasteiger partial charge in [-0.15, -0.1) is 0 Å². The number of hydrogen-bond donors (Lipinski definition) is 1. The Morgan fingerprint density at radius 2 is 2.04 bits per heavy atom. The van der Waals surface area contributed by atoms with Crippen LogP contribution in [0.25, 0.3) is 0 Å². The smallest absolute Gasteiger partial charge is 0.272 e. The lowest BCUT2D eigenvalue weighted by atomic mass is 10.1. The normalized spacial score (nSPS) is 10.2. The van der Waals surface area contributed by atoms with E-state index in [1.165, 1.54) is 0 Å². The molecule has 2 aromatic rings. The molecule has 0 aliphatic heterocycles. The predicted molar refractivity (Wildman–Crippen MR) is 83.0 cm³/mol. The molecule has 0 radical (unpaired) electrons. The summed E-state index contributed by atoms with van der Waals surface area (Å²) in [6.07, 6.45) is 0.758. The number of hydrogen-bond acceptors (Lipinski definition) is 4. The van der Waals surface area contributed by atoms with Crippen LogP contribution in [0.4, 0.5) is 15.8 Å². The van der Waals surface area contributed by atoms with Crippen LogP contribution in [0.3, 0.4) is 0 Å². The molecular weight excluding hydrogens is 303 g/mol. The second-order valence-corrected chi connectivity index (χ2v) is 4.72. The van der Waals surface area contributed by atoms with Gasteiger partial charge in [0.15, 0.2) is 18.2 Å². The lowest BCUT2D eigenvalue weighted by Crippen LogP contribution is -2.21. The lowest BCUT2D eigenvalue weighted by molar-refractivity contribution is -0.385. The van der Waals surface area contributed by atoms with Crippen molar-refractivity contribution in [2.75, 3.05) is 11.9 Å². The van der Waals surface area contributed by atoms with E-state index in [4.69, 9.17) is 4.74 Å². The third-order valence-electron chi connectivity index (χ3n) is 3.16. The number of rotatable bonds is 6. The van der Waals surface area contributed by atoms with Gasteiger partial charge in [0.2, 0.25) is 0 Å². The molecule has 7 heteroatoms. The summed E-state index contributed by atoms with van der Waals surface area (Å²) in [6.45, 7) is 1.57. The van der Waals surface area contributed by atoms with Crippen LogP contribution in [0.1, 0.15) is 12.5 Å². The number of para-hydroxylation sites is 1. The Kier molecular flexibility index (Phi) is 5.24. The van der Waals surface area contributed by atoms with Crippen molar-refractivity contribution in [2.24, 2.45) is 0 Å². The van der Waals surface area contributed by atoms with Gasteiger partial charge in [-0.2, -0.15) is 0 Å². The Morgan fingerprint density at radius 3 is 2.70 bits per heavy atom. The molecule has 1 amide bonds. The van der Waals surface area contributed by atoms with Crippen LogP contribution in [-0.4, -0.2) is 17.4 Å². The summed E-state index contributed by atoms with van der Waals surface area (Å²) in [5.41, 5.74) is 1.27. The van der Waals surface area contributed by atoms with Gasteiger partial charge in [-0.25, -0.2) is 4.39 Å². The highest BCUT2D eigenvalue weighted by atomic mass is 19.1. The van der Waals surface area contributed by atoms with Gasteiger partial charge < -0.3 is 10.1 Å². The van der Waals surface area contributed by atoms with E-state index in [0.717, 1.165) is 30.2 Å². The van der Waals surface area contributed by atoms with E-state index in [1.807, 2.05) is 19.1 Å². The predicted octanol–water partition coefficient (Wildman–Crippen LogP) is 3.31. The Labute approximate surface area is 132 Å². The van der Waals surface area contributed by atoms with Crippen molar-refractivity contribution in [1.29, 1.82) is 0 Å². The van der Waals surface area contributed by atoms with E-state index in [2.05, 4.69) is 5.32 Å². The third-order valence-corrected chi connectivity index (χ3v) is 3.16. The number of nitro benzene ring substituents is 1. The molecule has 1 N–H and O–H groups in total. The fraction of sp³-hybridized carbons (Fsp3) is 0.188. The van der Waals surface area contributed by atoms with Crippen molar-refractivity contribution >= 4 is 17.3 Å². The minimum Gasteiger partial charge on any atom is -0.481 e. The van der Waals surface area contributed by atoms with Crippen LogP contribution in [0.15, 0.2) is 42.5 Å². The number of nitrogens with zero attached hydrogens (tertiary/aromatic N) is 1. The first-order valence-electron chi connectivity index (χ1n) is 6.95. The SMILES string of the molecule is CCc1ccccc1NC(=O)COc1ccc([N+](=O)[O-])cc1F. The molecule has 0 aliphatic carbocycles. The van der Waals surface area contributed by atoms with Crippen molar-refractivity contribution in [1.82, 2.24) is 0 Å². The Hall–Kier alpha value is -2.96. The van der Waals surface area contributed by atoms with Gasteiger partial charge in [-0.05, 0) is 24.1 Å². The molecule has 0 saturated carbocycles. The van der Waals surface area contributed by atoms with Crippen molar-refractivity contribution in [3.63, 3.8) is 0 Å².